The SMILES string of the molecule is CC(=O)Cc1ncc(CN2CCCC(c3ccnc4c3CC=C4)C2)s1.CC(=O)Cc1ncc(CN2CCC[C@@H](c3ccnc4c3CC=C4)C2)s1.CC(=O)Cc1ncc(CN2CCC[C@H](c3ccnc4c3CC=C4)C2)s1. The first kappa shape index (κ1) is 52.9. The van der Waals surface area contributed by atoms with Crippen LogP contribution in [0.3, 0.4) is 0 Å². The Labute approximate surface area is 454 Å². The van der Waals surface area contributed by atoms with Crippen LogP contribution in [0.5, 0.6) is 0 Å². The summed E-state index contributed by atoms with van der Waals surface area (Å²) in [6.45, 7) is 14.4. The molecule has 12 rings (SSSR count). The van der Waals surface area contributed by atoms with Crippen LogP contribution in [0.25, 0.3) is 18.2 Å². The van der Waals surface area contributed by atoms with Gasteiger partial charge in [0.05, 0.1) is 36.3 Å². The van der Waals surface area contributed by atoms with Crippen molar-refractivity contribution in [2.75, 3.05) is 39.3 Å². The minimum atomic E-state index is 0.180. The molecule has 3 fully saturated rings. The van der Waals surface area contributed by atoms with Crippen molar-refractivity contribution in [3.05, 3.63) is 154 Å². The molecule has 390 valence electrons. The van der Waals surface area contributed by atoms with Crippen molar-refractivity contribution in [2.45, 2.75) is 135 Å². The van der Waals surface area contributed by atoms with E-state index in [-0.39, 0.29) is 17.3 Å². The molecule has 75 heavy (non-hydrogen) atoms. The maximum absolute atomic E-state index is 11.3. The molecule has 0 amide bonds. The summed E-state index contributed by atoms with van der Waals surface area (Å²) >= 11 is 5.04. The largest absolute Gasteiger partial charge is 0.300 e. The highest BCUT2D eigenvalue weighted by Gasteiger charge is 2.29. The fourth-order valence-corrected chi connectivity index (χ4v) is 15.0. The van der Waals surface area contributed by atoms with Crippen LogP contribution in [0, 0.1) is 0 Å². The van der Waals surface area contributed by atoms with Crippen molar-refractivity contribution in [1.29, 1.82) is 0 Å². The molecule has 3 atom stereocenters. The lowest BCUT2D eigenvalue weighted by Gasteiger charge is -2.33. The van der Waals surface area contributed by atoms with E-state index in [9.17, 15) is 14.4 Å². The molecule has 3 saturated heterocycles. The number of fused-ring (bicyclic) bond motifs is 3. The summed E-state index contributed by atoms with van der Waals surface area (Å²) in [6, 6.07) is 6.66. The molecule has 0 saturated carbocycles. The number of piperidine rings is 3. The second-order valence-corrected chi connectivity index (χ2v) is 24.7. The fourth-order valence-electron chi connectivity index (χ4n) is 11.9. The van der Waals surface area contributed by atoms with E-state index in [1.54, 1.807) is 54.8 Å². The van der Waals surface area contributed by atoms with Crippen LogP contribution < -0.4 is 0 Å². The number of carbonyl (C=O) groups is 3. The van der Waals surface area contributed by atoms with Gasteiger partial charge in [0.2, 0.25) is 0 Å². The molecular formula is C60H69N9O3S3. The first-order valence-corrected chi connectivity index (χ1v) is 29.4. The number of nitrogens with zero attached hydrogens (tertiary/aromatic N) is 9. The van der Waals surface area contributed by atoms with Gasteiger partial charge in [-0.1, -0.05) is 18.2 Å². The van der Waals surface area contributed by atoms with Gasteiger partial charge in [0.15, 0.2) is 0 Å². The van der Waals surface area contributed by atoms with E-state index < -0.39 is 0 Å². The summed E-state index contributed by atoms with van der Waals surface area (Å²) in [5, 5.41) is 2.82. The number of allylic oxidation sites excluding steroid dienone is 3. The van der Waals surface area contributed by atoms with Crippen molar-refractivity contribution in [3.8, 4) is 0 Å². The molecule has 0 aromatic carbocycles. The number of hydrogen-bond acceptors (Lipinski definition) is 15. The number of thiazole rings is 3. The van der Waals surface area contributed by atoms with Crippen LogP contribution in [0.1, 0.15) is 157 Å². The first-order chi connectivity index (χ1) is 36.6. The fraction of sp³-hybridized carbons (Fsp3) is 0.450. The molecule has 3 aliphatic carbocycles. The quantitative estimate of drug-likeness (QED) is 0.0967. The van der Waals surface area contributed by atoms with Crippen molar-refractivity contribution in [3.63, 3.8) is 0 Å². The number of likely N-dealkylation sites (tertiary alicyclic amines) is 3. The topological polar surface area (TPSA) is 138 Å². The van der Waals surface area contributed by atoms with Gasteiger partial charge in [-0.25, -0.2) is 15.0 Å². The second-order valence-electron chi connectivity index (χ2n) is 21.1. The predicted octanol–water partition coefficient (Wildman–Crippen LogP) is 10.9. The summed E-state index contributed by atoms with van der Waals surface area (Å²) in [5.74, 6) is 2.32. The van der Waals surface area contributed by atoms with Gasteiger partial charge < -0.3 is 0 Å². The highest BCUT2D eigenvalue weighted by Crippen LogP contribution is 2.37. The Morgan fingerprint density at radius 2 is 0.773 bits per heavy atom. The summed E-state index contributed by atoms with van der Waals surface area (Å²) in [4.78, 5) is 71.8. The third-order valence-electron chi connectivity index (χ3n) is 15.1. The van der Waals surface area contributed by atoms with Crippen molar-refractivity contribution >= 4 is 69.6 Å². The van der Waals surface area contributed by atoms with E-state index in [1.807, 2.05) is 37.2 Å². The van der Waals surface area contributed by atoms with E-state index in [2.05, 4.69) is 99.3 Å². The van der Waals surface area contributed by atoms with Crippen LogP contribution in [0.2, 0.25) is 0 Å². The monoisotopic (exact) mass is 1060 g/mol. The maximum atomic E-state index is 11.3. The zero-order chi connectivity index (χ0) is 51.7. The summed E-state index contributed by atoms with van der Waals surface area (Å²) in [6.07, 6.45) is 36.7. The van der Waals surface area contributed by atoms with Crippen LogP contribution in [-0.2, 0) is 72.5 Å². The number of rotatable bonds is 15. The molecular weight excluding hydrogens is 991 g/mol. The number of Topliss-reactive ketones (excluding diaryl/α,β-unsaturated/α-hetero) is 3. The Morgan fingerprint density at radius 3 is 1.07 bits per heavy atom. The lowest BCUT2D eigenvalue weighted by Crippen LogP contribution is -2.34. The molecule has 3 aliphatic heterocycles. The van der Waals surface area contributed by atoms with Crippen LogP contribution in [0.4, 0.5) is 0 Å². The lowest BCUT2D eigenvalue weighted by atomic mass is 9.87. The van der Waals surface area contributed by atoms with Gasteiger partial charge >= 0.3 is 0 Å². The smallest absolute Gasteiger partial charge is 0.136 e. The molecule has 0 radical (unpaired) electrons. The molecule has 6 aromatic rings. The number of hydrogen-bond donors (Lipinski definition) is 0. The zero-order valence-electron chi connectivity index (χ0n) is 43.7. The van der Waals surface area contributed by atoms with Crippen LogP contribution in [0.15, 0.2) is 73.6 Å². The average molecular weight is 1060 g/mol. The van der Waals surface area contributed by atoms with Crippen LogP contribution >= 0.6 is 34.0 Å². The normalized spacial score (nSPS) is 20.0. The third kappa shape index (κ3) is 13.9. The maximum Gasteiger partial charge on any atom is 0.136 e. The van der Waals surface area contributed by atoms with Crippen molar-refractivity contribution in [2.24, 2.45) is 0 Å². The summed E-state index contributed by atoms with van der Waals surface area (Å²) < 4.78 is 0. The molecule has 0 bridgehead atoms. The molecule has 15 heteroatoms. The minimum Gasteiger partial charge on any atom is -0.300 e. The number of pyridine rings is 3. The highest BCUT2D eigenvalue weighted by atomic mass is 32.1. The molecule has 6 aromatic heterocycles. The minimum absolute atomic E-state index is 0.180. The number of ketones is 3. The van der Waals surface area contributed by atoms with Gasteiger partial charge in [-0.2, -0.15) is 0 Å². The Bertz CT molecular complexity index is 2760. The Hall–Kier alpha value is -5.55. The molecule has 12 nitrogen and oxygen atoms in total. The molecule has 9 heterocycles. The van der Waals surface area contributed by atoms with E-state index in [0.29, 0.717) is 37.0 Å². The van der Waals surface area contributed by atoms with E-state index in [4.69, 9.17) is 0 Å². The zero-order valence-corrected chi connectivity index (χ0v) is 46.2. The van der Waals surface area contributed by atoms with Crippen molar-refractivity contribution < 1.29 is 14.4 Å². The summed E-state index contributed by atoms with van der Waals surface area (Å²) in [7, 11) is 0. The molecule has 0 spiro atoms. The van der Waals surface area contributed by atoms with Gasteiger partial charge in [0.25, 0.3) is 0 Å². The predicted molar refractivity (Wildman–Crippen MR) is 302 cm³/mol. The second kappa shape index (κ2) is 25.1. The molecule has 0 N–H and O–H groups in total. The Kier molecular flexibility index (Phi) is 17.7. The van der Waals surface area contributed by atoms with E-state index >= 15 is 0 Å². The number of carbonyl (C=O) groups excluding carboxylic acids is 3. The van der Waals surface area contributed by atoms with Gasteiger partial charge in [0.1, 0.15) is 32.4 Å². The average Bonchev–Trinajstić information content (AvgIpc) is 4.28. The molecule has 6 aliphatic rings. The molecule has 1 unspecified atom stereocenters. The lowest BCUT2D eigenvalue weighted by molar-refractivity contribution is -0.117. The van der Waals surface area contributed by atoms with Gasteiger partial charge in [-0.15, -0.1) is 34.0 Å². The van der Waals surface area contributed by atoms with Gasteiger partial charge in [-0.05, 0) is 186 Å². The first-order valence-electron chi connectivity index (χ1n) is 27.0. The highest BCUT2D eigenvalue weighted by molar-refractivity contribution is 7.12. The van der Waals surface area contributed by atoms with Crippen molar-refractivity contribution in [1.82, 2.24) is 44.6 Å². The van der Waals surface area contributed by atoms with E-state index in [0.717, 1.165) is 110 Å². The van der Waals surface area contributed by atoms with Gasteiger partial charge in [0, 0.05) is 91.1 Å². The van der Waals surface area contributed by atoms with E-state index in [1.165, 1.54) is 86.5 Å². The van der Waals surface area contributed by atoms with Gasteiger partial charge in [-0.3, -0.25) is 44.0 Å². The third-order valence-corrected chi connectivity index (χ3v) is 18.1. The summed E-state index contributed by atoms with van der Waals surface area (Å²) in [5.41, 5.74) is 12.2. The van der Waals surface area contributed by atoms with Crippen LogP contribution in [-0.4, -0.2) is 101 Å². The Morgan fingerprint density at radius 1 is 0.467 bits per heavy atom. The number of aromatic nitrogens is 6. The Balaban J connectivity index is 0.000000128. The standard InChI is InChI=1S/3C20H23N3OS/c3*1-14(24)10-20-22-11-16(25-20)13-23-9-3-4-15(12-23)17-7-8-21-19-6-2-5-18(17)19/h3*2,6-8,11,15H,3-5,9-10,12-13H2,1H3/t2*15-;/m10./s1.